The molecule has 0 aromatic carbocycles. The lowest BCUT2D eigenvalue weighted by Crippen LogP contribution is -2.40. The van der Waals surface area contributed by atoms with Gasteiger partial charge in [0.1, 0.15) is 0 Å². The lowest BCUT2D eigenvalue weighted by Gasteiger charge is -2.23. The lowest BCUT2D eigenvalue weighted by molar-refractivity contribution is -0.131. The molecule has 0 aliphatic heterocycles. The normalized spacial score (nSPS) is 10.8. The van der Waals surface area contributed by atoms with Crippen LogP contribution in [0.15, 0.2) is 23.1 Å². The molecule has 0 spiro atoms. The first kappa shape index (κ1) is 16.2. The molecule has 1 heterocycles. The third-order valence-electron chi connectivity index (χ3n) is 3.25. The van der Waals surface area contributed by atoms with E-state index in [-0.39, 0.29) is 11.5 Å². The summed E-state index contributed by atoms with van der Waals surface area (Å²) >= 11 is 0. The molecule has 0 saturated carbocycles. The van der Waals surface area contributed by atoms with Gasteiger partial charge < -0.3 is 15.2 Å². The van der Waals surface area contributed by atoms with E-state index >= 15 is 0 Å². The zero-order valence-electron chi connectivity index (χ0n) is 12.5. The van der Waals surface area contributed by atoms with Crippen LogP contribution in [0.4, 0.5) is 5.69 Å². The molecule has 0 fully saturated rings. The van der Waals surface area contributed by atoms with Crippen molar-refractivity contribution in [2.45, 2.75) is 20.4 Å². The molecule has 0 atom stereocenters. The zero-order chi connectivity index (χ0) is 15.1. The van der Waals surface area contributed by atoms with Gasteiger partial charge in [-0.15, -0.1) is 0 Å². The minimum absolute atomic E-state index is 0.0809. The number of hydrogen-bond acceptors (Lipinski definition) is 4. The number of anilines is 1. The summed E-state index contributed by atoms with van der Waals surface area (Å²) in [5.74, 6) is 0.109. The number of carbonyl (C=O) groups excluding carboxylic acids is 1. The first-order chi connectivity index (χ1) is 9.47. The van der Waals surface area contributed by atoms with Crippen LogP contribution in [0.25, 0.3) is 0 Å². The zero-order valence-corrected chi connectivity index (χ0v) is 12.5. The number of nitrogens with zero attached hydrogens (tertiary/aromatic N) is 3. The molecule has 6 heteroatoms. The summed E-state index contributed by atoms with van der Waals surface area (Å²) in [5, 5.41) is 0. The molecule has 20 heavy (non-hydrogen) atoms. The average molecular weight is 280 g/mol. The molecule has 0 radical (unpaired) electrons. The molecule has 1 rings (SSSR count). The predicted molar refractivity (Wildman–Crippen MR) is 80.5 cm³/mol. The maximum Gasteiger partial charge on any atom is 0.250 e. The Morgan fingerprint density at radius 2 is 1.95 bits per heavy atom. The summed E-state index contributed by atoms with van der Waals surface area (Å²) in [6.45, 7) is 6.87. The highest BCUT2D eigenvalue weighted by atomic mass is 16.2. The minimum Gasteiger partial charge on any atom is -0.398 e. The summed E-state index contributed by atoms with van der Waals surface area (Å²) in [4.78, 5) is 27.3. The van der Waals surface area contributed by atoms with E-state index in [1.165, 1.54) is 6.07 Å². The van der Waals surface area contributed by atoms with Crippen LogP contribution in [-0.2, 0) is 11.3 Å². The summed E-state index contributed by atoms with van der Waals surface area (Å²) in [6, 6.07) is 3.04. The van der Waals surface area contributed by atoms with Crippen LogP contribution in [0, 0.1) is 0 Å². The van der Waals surface area contributed by atoms with E-state index in [1.807, 2.05) is 25.8 Å². The van der Waals surface area contributed by atoms with E-state index < -0.39 is 0 Å². The largest absolute Gasteiger partial charge is 0.398 e. The van der Waals surface area contributed by atoms with E-state index in [2.05, 4.69) is 0 Å². The Kier molecular flexibility index (Phi) is 6.24. The van der Waals surface area contributed by atoms with Crippen molar-refractivity contribution < 1.29 is 4.79 Å². The molecule has 1 aromatic rings. The fourth-order valence-corrected chi connectivity index (χ4v) is 1.99. The highest BCUT2D eigenvalue weighted by molar-refractivity contribution is 5.78. The Hall–Kier alpha value is -1.82. The fourth-order valence-electron chi connectivity index (χ4n) is 1.99. The number of nitrogen functional groups attached to an aromatic ring is 1. The van der Waals surface area contributed by atoms with Crippen molar-refractivity contribution in [1.82, 2.24) is 14.4 Å². The second-order valence-electron chi connectivity index (χ2n) is 4.80. The number of hydrogen-bond donors (Lipinski definition) is 1. The van der Waals surface area contributed by atoms with Crippen LogP contribution in [0.2, 0.25) is 0 Å². The van der Waals surface area contributed by atoms with Crippen molar-refractivity contribution in [2.24, 2.45) is 0 Å². The second-order valence-corrected chi connectivity index (χ2v) is 4.80. The third kappa shape index (κ3) is 4.70. The van der Waals surface area contributed by atoms with E-state index in [9.17, 15) is 9.59 Å². The van der Waals surface area contributed by atoms with E-state index in [4.69, 9.17) is 5.73 Å². The highest BCUT2D eigenvalue weighted by Gasteiger charge is 2.12. The number of rotatable bonds is 7. The van der Waals surface area contributed by atoms with Crippen molar-refractivity contribution in [2.75, 3.05) is 39.0 Å². The van der Waals surface area contributed by atoms with Crippen LogP contribution in [-0.4, -0.2) is 53.5 Å². The number of pyridine rings is 1. The quantitative estimate of drug-likeness (QED) is 0.776. The van der Waals surface area contributed by atoms with Gasteiger partial charge in [0.2, 0.25) is 5.91 Å². The molecule has 2 N–H and O–H groups in total. The van der Waals surface area contributed by atoms with Crippen LogP contribution in [0.5, 0.6) is 0 Å². The third-order valence-corrected chi connectivity index (χ3v) is 3.25. The molecule has 0 aliphatic rings. The fraction of sp³-hybridized carbons (Fsp3) is 0.571. The van der Waals surface area contributed by atoms with Crippen molar-refractivity contribution in [3.63, 3.8) is 0 Å². The summed E-state index contributed by atoms with van der Waals surface area (Å²) in [6.07, 6.45) is 1.63. The Bertz CT molecular complexity index is 494. The molecule has 1 amide bonds. The molecule has 6 nitrogen and oxygen atoms in total. The minimum atomic E-state index is -0.0809. The van der Waals surface area contributed by atoms with Gasteiger partial charge in [-0.25, -0.2) is 0 Å². The first-order valence-corrected chi connectivity index (χ1v) is 6.90. The Labute approximate surface area is 119 Å². The average Bonchev–Trinajstić information content (AvgIpc) is 2.41. The van der Waals surface area contributed by atoms with Crippen LogP contribution >= 0.6 is 0 Å². The second kappa shape index (κ2) is 7.69. The van der Waals surface area contributed by atoms with Gasteiger partial charge in [-0.3, -0.25) is 14.5 Å². The van der Waals surface area contributed by atoms with Crippen LogP contribution in [0.3, 0.4) is 0 Å². The van der Waals surface area contributed by atoms with Gasteiger partial charge in [-0.05, 0) is 27.0 Å². The maximum atomic E-state index is 11.9. The standard InChI is InChI=1S/C14H24N4O2/c1-4-17(5-2)14(20)11-16(3)8-9-18-10-12(15)6-7-13(18)19/h6-7,10H,4-5,8-9,11,15H2,1-3H3. The molecule has 1 aromatic heterocycles. The number of likely N-dealkylation sites (N-methyl/N-ethyl adjacent to an activating group) is 2. The molecular formula is C14H24N4O2. The van der Waals surface area contributed by atoms with Crippen molar-refractivity contribution in [1.29, 1.82) is 0 Å². The van der Waals surface area contributed by atoms with Gasteiger partial charge in [0.05, 0.1) is 6.54 Å². The SMILES string of the molecule is CCN(CC)C(=O)CN(C)CCn1cc(N)ccc1=O. The van der Waals surface area contributed by atoms with Crippen LogP contribution < -0.4 is 11.3 Å². The Balaban J connectivity index is 2.51. The number of amides is 1. The van der Waals surface area contributed by atoms with Gasteiger partial charge >= 0.3 is 0 Å². The summed E-state index contributed by atoms with van der Waals surface area (Å²) < 4.78 is 1.56. The Morgan fingerprint density at radius 3 is 2.55 bits per heavy atom. The summed E-state index contributed by atoms with van der Waals surface area (Å²) in [7, 11) is 1.87. The van der Waals surface area contributed by atoms with Gasteiger partial charge in [0, 0.05) is 44.1 Å². The number of aromatic nitrogens is 1. The van der Waals surface area contributed by atoms with Gasteiger partial charge in [-0.2, -0.15) is 0 Å². The molecule has 0 unspecified atom stereocenters. The molecule has 0 aliphatic carbocycles. The highest BCUT2D eigenvalue weighted by Crippen LogP contribution is 1.97. The number of nitrogens with two attached hydrogens (primary N) is 1. The molecule has 112 valence electrons. The smallest absolute Gasteiger partial charge is 0.250 e. The lowest BCUT2D eigenvalue weighted by atomic mass is 10.4. The van der Waals surface area contributed by atoms with Crippen LogP contribution in [0.1, 0.15) is 13.8 Å². The number of carbonyl (C=O) groups is 1. The van der Waals surface area contributed by atoms with Crippen molar-refractivity contribution in [3.8, 4) is 0 Å². The van der Waals surface area contributed by atoms with E-state index in [1.54, 1.807) is 21.7 Å². The van der Waals surface area contributed by atoms with E-state index in [0.29, 0.717) is 25.3 Å². The van der Waals surface area contributed by atoms with Crippen molar-refractivity contribution in [3.05, 3.63) is 28.7 Å². The molecule has 0 bridgehead atoms. The monoisotopic (exact) mass is 280 g/mol. The van der Waals surface area contributed by atoms with E-state index in [0.717, 1.165) is 13.1 Å². The molecule has 0 saturated heterocycles. The van der Waals surface area contributed by atoms with Gasteiger partial charge in [0.25, 0.3) is 5.56 Å². The molecular weight excluding hydrogens is 256 g/mol. The van der Waals surface area contributed by atoms with Gasteiger partial charge in [0.15, 0.2) is 0 Å². The first-order valence-electron chi connectivity index (χ1n) is 6.90. The summed E-state index contributed by atoms with van der Waals surface area (Å²) in [5.41, 5.74) is 6.14. The Morgan fingerprint density at radius 1 is 1.30 bits per heavy atom. The van der Waals surface area contributed by atoms with Crippen molar-refractivity contribution >= 4 is 11.6 Å². The predicted octanol–water partition coefficient (Wildman–Crippen LogP) is 0.231. The topological polar surface area (TPSA) is 71.6 Å². The maximum absolute atomic E-state index is 11.9. The van der Waals surface area contributed by atoms with Gasteiger partial charge in [-0.1, -0.05) is 0 Å².